The van der Waals surface area contributed by atoms with Crippen LogP contribution >= 0.6 is 0 Å². The molecule has 0 bridgehead atoms. The van der Waals surface area contributed by atoms with E-state index in [-0.39, 0.29) is 18.2 Å². The Bertz CT molecular complexity index is 645. The van der Waals surface area contributed by atoms with Crippen molar-refractivity contribution in [2.24, 2.45) is 5.92 Å². The molecule has 2 fully saturated rings. The number of β-amino-alcohol motifs (C(OH)–C–C–N with tert-alkyl or cyclic N) is 1. The largest absolute Gasteiger partial charge is 0.392 e. The zero-order valence-electron chi connectivity index (χ0n) is 12.9. The van der Waals surface area contributed by atoms with E-state index in [0.29, 0.717) is 25.2 Å². The van der Waals surface area contributed by atoms with Crippen LogP contribution < -0.4 is 0 Å². The summed E-state index contributed by atoms with van der Waals surface area (Å²) < 4.78 is 45.7. The molecule has 0 radical (unpaired) electrons. The van der Waals surface area contributed by atoms with Gasteiger partial charge < -0.3 is 9.84 Å². The minimum atomic E-state index is -3.51. The zero-order chi connectivity index (χ0) is 16.4. The molecule has 3 rings (SSSR count). The van der Waals surface area contributed by atoms with Crippen molar-refractivity contribution < 1.29 is 22.7 Å². The zero-order valence-corrected chi connectivity index (χ0v) is 13.7. The molecule has 0 saturated carbocycles. The van der Waals surface area contributed by atoms with E-state index in [0.717, 1.165) is 12.8 Å². The van der Waals surface area contributed by atoms with Crippen LogP contribution in [0.1, 0.15) is 30.9 Å². The van der Waals surface area contributed by atoms with Crippen molar-refractivity contribution in [2.45, 2.75) is 31.4 Å². The Kier molecular flexibility index (Phi) is 5.01. The van der Waals surface area contributed by atoms with E-state index < -0.39 is 28.0 Å². The van der Waals surface area contributed by atoms with Crippen LogP contribution in [-0.2, 0) is 14.8 Å². The number of nitrogens with zero attached hydrogens (tertiary/aromatic N) is 1. The van der Waals surface area contributed by atoms with Crippen LogP contribution in [0, 0.1) is 11.7 Å². The van der Waals surface area contributed by atoms with E-state index >= 15 is 0 Å². The summed E-state index contributed by atoms with van der Waals surface area (Å²) in [6.07, 6.45) is 1.06. The Balaban J connectivity index is 1.80. The van der Waals surface area contributed by atoms with Gasteiger partial charge in [-0.05, 0) is 42.9 Å². The number of aliphatic hydroxyl groups is 1. The maximum absolute atomic E-state index is 13.5. The normalized spacial score (nSPS) is 27.4. The molecule has 2 aliphatic heterocycles. The molecule has 1 aromatic carbocycles. The van der Waals surface area contributed by atoms with E-state index in [4.69, 9.17) is 4.74 Å². The van der Waals surface area contributed by atoms with E-state index in [9.17, 15) is 17.9 Å². The highest BCUT2D eigenvalue weighted by Crippen LogP contribution is 2.35. The maximum atomic E-state index is 13.5. The standard InChI is InChI=1S/C16H22FNO4S/c17-14-3-1-2-13(8-14)16-9-15(19)10-18(16)23(20,21)11-12-4-6-22-7-5-12/h1-3,8,12,15-16,19H,4-7,9-11H2/t15-,16-/m0/s1. The summed E-state index contributed by atoms with van der Waals surface area (Å²) in [4.78, 5) is 0. The topological polar surface area (TPSA) is 66.8 Å². The Labute approximate surface area is 136 Å². The average molecular weight is 343 g/mol. The van der Waals surface area contributed by atoms with Crippen LogP contribution in [0.4, 0.5) is 4.39 Å². The van der Waals surface area contributed by atoms with Crippen molar-refractivity contribution >= 4 is 10.0 Å². The molecule has 1 N–H and O–H groups in total. The number of sulfonamides is 1. The lowest BCUT2D eigenvalue weighted by molar-refractivity contribution is 0.0720. The van der Waals surface area contributed by atoms with Gasteiger partial charge in [-0.15, -0.1) is 0 Å². The smallest absolute Gasteiger partial charge is 0.215 e. The van der Waals surface area contributed by atoms with Gasteiger partial charge in [0.05, 0.1) is 17.9 Å². The van der Waals surface area contributed by atoms with Gasteiger partial charge in [0, 0.05) is 19.8 Å². The first kappa shape index (κ1) is 16.8. The Morgan fingerprint density at radius 1 is 1.30 bits per heavy atom. The molecule has 0 aliphatic carbocycles. The number of hydrogen-bond acceptors (Lipinski definition) is 4. The summed E-state index contributed by atoms with van der Waals surface area (Å²) in [5, 5.41) is 9.95. The summed E-state index contributed by atoms with van der Waals surface area (Å²) >= 11 is 0. The molecule has 7 heteroatoms. The van der Waals surface area contributed by atoms with Crippen molar-refractivity contribution in [1.29, 1.82) is 0 Å². The number of ether oxygens (including phenoxy) is 1. The van der Waals surface area contributed by atoms with Gasteiger partial charge in [-0.25, -0.2) is 12.8 Å². The van der Waals surface area contributed by atoms with Gasteiger partial charge in [0.2, 0.25) is 10.0 Å². The van der Waals surface area contributed by atoms with E-state index in [1.807, 2.05) is 0 Å². The van der Waals surface area contributed by atoms with Crippen LogP contribution in [-0.4, -0.2) is 49.4 Å². The molecule has 128 valence electrons. The Morgan fingerprint density at radius 2 is 2.04 bits per heavy atom. The molecule has 2 saturated heterocycles. The second kappa shape index (κ2) is 6.84. The molecule has 0 amide bonds. The molecular formula is C16H22FNO4S. The lowest BCUT2D eigenvalue weighted by Crippen LogP contribution is -2.37. The van der Waals surface area contributed by atoms with Gasteiger partial charge >= 0.3 is 0 Å². The first-order chi connectivity index (χ1) is 11.0. The van der Waals surface area contributed by atoms with Crippen LogP contribution in [0.15, 0.2) is 24.3 Å². The van der Waals surface area contributed by atoms with E-state index in [1.54, 1.807) is 12.1 Å². The monoisotopic (exact) mass is 343 g/mol. The van der Waals surface area contributed by atoms with E-state index in [1.165, 1.54) is 16.4 Å². The highest BCUT2D eigenvalue weighted by atomic mass is 32.2. The molecule has 0 aromatic heterocycles. The fourth-order valence-corrected chi connectivity index (χ4v) is 5.53. The molecule has 2 atom stereocenters. The fraction of sp³-hybridized carbons (Fsp3) is 0.625. The third-order valence-electron chi connectivity index (χ3n) is 4.61. The lowest BCUT2D eigenvalue weighted by atomic mass is 10.0. The lowest BCUT2D eigenvalue weighted by Gasteiger charge is -2.28. The van der Waals surface area contributed by atoms with Gasteiger partial charge in [0.25, 0.3) is 0 Å². The predicted octanol–water partition coefficient (Wildman–Crippen LogP) is 1.69. The highest BCUT2D eigenvalue weighted by molar-refractivity contribution is 7.89. The van der Waals surface area contributed by atoms with Crippen molar-refractivity contribution in [3.63, 3.8) is 0 Å². The minimum Gasteiger partial charge on any atom is -0.392 e. The van der Waals surface area contributed by atoms with Crippen molar-refractivity contribution in [3.8, 4) is 0 Å². The minimum absolute atomic E-state index is 0.0644. The van der Waals surface area contributed by atoms with Crippen LogP contribution in [0.5, 0.6) is 0 Å². The van der Waals surface area contributed by atoms with Crippen LogP contribution in [0.2, 0.25) is 0 Å². The van der Waals surface area contributed by atoms with E-state index in [2.05, 4.69) is 0 Å². The summed E-state index contributed by atoms with van der Waals surface area (Å²) in [5.41, 5.74) is 0.595. The number of benzene rings is 1. The number of halogens is 1. The number of hydrogen-bond donors (Lipinski definition) is 1. The molecular weight excluding hydrogens is 321 g/mol. The quantitative estimate of drug-likeness (QED) is 0.903. The first-order valence-corrected chi connectivity index (χ1v) is 9.57. The summed E-state index contributed by atoms with van der Waals surface area (Å²) in [7, 11) is -3.51. The molecule has 2 aliphatic rings. The summed E-state index contributed by atoms with van der Waals surface area (Å²) in [5.74, 6) is -0.250. The average Bonchev–Trinajstić information content (AvgIpc) is 2.91. The molecule has 5 nitrogen and oxygen atoms in total. The van der Waals surface area contributed by atoms with Crippen molar-refractivity contribution in [2.75, 3.05) is 25.5 Å². The Morgan fingerprint density at radius 3 is 2.74 bits per heavy atom. The molecule has 2 heterocycles. The van der Waals surface area contributed by atoms with Gasteiger partial charge in [0.15, 0.2) is 0 Å². The van der Waals surface area contributed by atoms with Crippen molar-refractivity contribution in [1.82, 2.24) is 4.31 Å². The maximum Gasteiger partial charge on any atom is 0.215 e. The second-order valence-electron chi connectivity index (χ2n) is 6.36. The highest BCUT2D eigenvalue weighted by Gasteiger charge is 2.40. The summed E-state index contributed by atoms with van der Waals surface area (Å²) in [6.45, 7) is 1.26. The molecule has 0 spiro atoms. The number of aliphatic hydroxyl groups excluding tert-OH is 1. The third-order valence-corrected chi connectivity index (χ3v) is 6.62. The van der Waals surface area contributed by atoms with Gasteiger partial charge in [-0.2, -0.15) is 4.31 Å². The van der Waals surface area contributed by atoms with Crippen molar-refractivity contribution in [3.05, 3.63) is 35.6 Å². The third kappa shape index (κ3) is 3.91. The summed E-state index contributed by atoms with van der Waals surface area (Å²) in [6, 6.07) is 5.46. The second-order valence-corrected chi connectivity index (χ2v) is 8.33. The predicted molar refractivity (Wildman–Crippen MR) is 83.8 cm³/mol. The molecule has 0 unspecified atom stereocenters. The van der Waals surface area contributed by atoms with Gasteiger partial charge in [-0.1, -0.05) is 12.1 Å². The van der Waals surface area contributed by atoms with Crippen LogP contribution in [0.25, 0.3) is 0 Å². The Hall–Kier alpha value is -1.02. The SMILES string of the molecule is O=S(=O)(CC1CCOCC1)N1C[C@@H](O)C[C@H]1c1cccc(F)c1. The van der Waals surface area contributed by atoms with Gasteiger partial charge in [-0.3, -0.25) is 0 Å². The first-order valence-electron chi connectivity index (χ1n) is 7.96. The van der Waals surface area contributed by atoms with Crippen LogP contribution in [0.3, 0.4) is 0 Å². The van der Waals surface area contributed by atoms with Gasteiger partial charge in [0.1, 0.15) is 5.82 Å². The number of rotatable bonds is 4. The molecule has 1 aromatic rings. The molecule has 23 heavy (non-hydrogen) atoms. The fourth-order valence-electron chi connectivity index (χ4n) is 3.42.